The number of para-hydroxylation sites is 1. The number of hydrogen-bond acceptors (Lipinski definition) is 5. The predicted molar refractivity (Wildman–Crippen MR) is 240 cm³/mol. The Balaban J connectivity index is 1.07. The highest BCUT2D eigenvalue weighted by Gasteiger charge is 2.35. The summed E-state index contributed by atoms with van der Waals surface area (Å²) in [6, 6.07) is 45.9. The molecule has 0 radical (unpaired) electrons. The van der Waals surface area contributed by atoms with Crippen LogP contribution in [0, 0.1) is 0 Å². The third-order valence-electron chi connectivity index (χ3n) is 10.3. The molecule has 5 nitrogen and oxygen atoms in total. The van der Waals surface area contributed by atoms with Crippen molar-refractivity contribution in [2.75, 3.05) is 9.80 Å². The minimum Gasteiger partial charge on any atom is -0.380 e. The summed E-state index contributed by atoms with van der Waals surface area (Å²) in [5.74, 6) is 0.984. The molecular formula is C49H40IN5. The molecular weight excluding hydrogens is 785 g/mol. The maximum absolute atomic E-state index is 5.23. The van der Waals surface area contributed by atoms with Crippen molar-refractivity contribution in [2.45, 2.75) is 28.5 Å². The zero-order valence-corrected chi connectivity index (χ0v) is 32.4. The van der Waals surface area contributed by atoms with E-state index in [0.717, 1.165) is 51.8 Å². The van der Waals surface area contributed by atoms with Crippen molar-refractivity contribution < 1.29 is 0 Å². The highest BCUT2D eigenvalue weighted by atomic mass is 127. The SMILES string of the molecule is IC1C=N/C(c2ccc(N(c3ccc(C4=NC5C=CC=CC5N4c4ccccc4)cc3)c3ccc(C4C=c5ccccc5=CN4)cc3)cc2)=C\C/C=C\C=C/1. The summed E-state index contributed by atoms with van der Waals surface area (Å²) in [7, 11) is 0. The van der Waals surface area contributed by atoms with Crippen LogP contribution in [0.3, 0.4) is 0 Å². The average molecular weight is 826 g/mol. The maximum atomic E-state index is 5.23. The van der Waals surface area contributed by atoms with Gasteiger partial charge >= 0.3 is 0 Å². The van der Waals surface area contributed by atoms with Crippen LogP contribution in [-0.2, 0) is 0 Å². The van der Waals surface area contributed by atoms with Gasteiger partial charge in [-0.2, -0.15) is 0 Å². The molecule has 55 heavy (non-hydrogen) atoms. The molecule has 0 saturated heterocycles. The Hall–Kier alpha value is -5.99. The van der Waals surface area contributed by atoms with E-state index in [-0.39, 0.29) is 22.1 Å². The van der Waals surface area contributed by atoms with Gasteiger partial charge in [0.2, 0.25) is 0 Å². The molecule has 1 N–H and O–H groups in total. The van der Waals surface area contributed by atoms with Gasteiger partial charge in [-0.25, -0.2) is 0 Å². The number of benzene rings is 5. The van der Waals surface area contributed by atoms with E-state index in [1.54, 1.807) is 0 Å². The fourth-order valence-electron chi connectivity index (χ4n) is 7.55. The second kappa shape index (κ2) is 15.8. The molecule has 0 aromatic heterocycles. The molecule has 3 heterocycles. The molecule has 5 aromatic carbocycles. The van der Waals surface area contributed by atoms with Gasteiger partial charge in [-0.15, -0.1) is 0 Å². The number of rotatable bonds is 7. The molecule has 4 aliphatic rings. The summed E-state index contributed by atoms with van der Waals surface area (Å²) in [4.78, 5) is 14.8. The monoisotopic (exact) mass is 825 g/mol. The Morgan fingerprint density at radius 1 is 0.655 bits per heavy atom. The van der Waals surface area contributed by atoms with Crippen molar-refractivity contribution in [3.05, 3.63) is 209 Å². The summed E-state index contributed by atoms with van der Waals surface area (Å²) in [5.41, 5.74) is 8.72. The number of alkyl halides is 1. The van der Waals surface area contributed by atoms with E-state index >= 15 is 0 Å². The largest absolute Gasteiger partial charge is 0.380 e. The Morgan fingerprint density at radius 2 is 1.31 bits per heavy atom. The van der Waals surface area contributed by atoms with E-state index in [9.17, 15) is 0 Å². The lowest BCUT2D eigenvalue weighted by Crippen LogP contribution is -2.39. The van der Waals surface area contributed by atoms with Crippen LogP contribution in [0.25, 0.3) is 18.0 Å². The number of fused-ring (bicyclic) bond motifs is 2. The molecule has 268 valence electrons. The minimum atomic E-state index is 0.0803. The van der Waals surface area contributed by atoms with E-state index in [1.807, 2.05) is 6.21 Å². The first-order chi connectivity index (χ1) is 27.2. The minimum absolute atomic E-state index is 0.0803. The van der Waals surface area contributed by atoms with Gasteiger partial charge < -0.3 is 15.1 Å². The summed E-state index contributed by atoms with van der Waals surface area (Å²) in [5, 5.41) is 6.04. The van der Waals surface area contributed by atoms with Gasteiger partial charge in [0, 0.05) is 40.7 Å². The lowest BCUT2D eigenvalue weighted by Gasteiger charge is -2.29. The second-order valence-electron chi connectivity index (χ2n) is 13.9. The van der Waals surface area contributed by atoms with Crippen molar-refractivity contribution >= 4 is 75.4 Å². The van der Waals surface area contributed by atoms with Crippen molar-refractivity contribution in [3.63, 3.8) is 0 Å². The van der Waals surface area contributed by atoms with Crippen LogP contribution < -0.4 is 25.6 Å². The molecule has 0 saturated carbocycles. The number of nitrogens with one attached hydrogen (secondary N) is 1. The number of nitrogens with zero attached hydrogens (tertiary/aromatic N) is 4. The van der Waals surface area contributed by atoms with Crippen molar-refractivity contribution in [1.82, 2.24) is 5.32 Å². The second-order valence-corrected chi connectivity index (χ2v) is 15.3. The van der Waals surface area contributed by atoms with E-state index < -0.39 is 0 Å². The summed E-state index contributed by atoms with van der Waals surface area (Å²) < 4.78 is 0.227. The average Bonchev–Trinajstić information content (AvgIpc) is 3.64. The quantitative estimate of drug-likeness (QED) is 0.131. The number of anilines is 4. The zero-order chi connectivity index (χ0) is 37.0. The predicted octanol–water partition coefficient (Wildman–Crippen LogP) is 9.88. The Bertz CT molecular complexity index is 2510. The summed E-state index contributed by atoms with van der Waals surface area (Å²) in [6.07, 6.45) is 26.6. The van der Waals surface area contributed by atoms with Gasteiger partial charge in [0.15, 0.2) is 0 Å². The molecule has 5 aromatic rings. The zero-order valence-electron chi connectivity index (χ0n) is 30.2. The van der Waals surface area contributed by atoms with Gasteiger partial charge in [-0.1, -0.05) is 144 Å². The number of halogens is 1. The van der Waals surface area contributed by atoms with Crippen molar-refractivity contribution in [2.24, 2.45) is 9.98 Å². The van der Waals surface area contributed by atoms with E-state index in [2.05, 4.69) is 232 Å². The lowest BCUT2D eigenvalue weighted by atomic mass is 10.0. The third-order valence-corrected chi connectivity index (χ3v) is 11.1. The van der Waals surface area contributed by atoms with Gasteiger partial charge in [0.25, 0.3) is 0 Å². The van der Waals surface area contributed by atoms with Crippen LogP contribution in [-0.4, -0.2) is 28.1 Å². The smallest absolute Gasteiger partial charge is 0.136 e. The van der Waals surface area contributed by atoms with E-state index in [4.69, 9.17) is 9.98 Å². The normalized spacial score (nSPS) is 23.1. The lowest BCUT2D eigenvalue weighted by molar-refractivity contribution is 0.739. The standard InChI is InChI=1S/C49H40IN5/c50-40-14-4-1-2-7-17-45(52-34-40)35-20-26-42(27-21-35)54(43-28-22-36(23-29-43)47-32-38-12-8-9-13-39(38)33-51-47)44-30-24-37(25-31-44)49-53-46-18-10-11-19-48(46)55(49)41-15-5-3-6-16-41/h1-6,8-34,40,46-48,51H,7H2/b2-1-,14-4-,45-17-,52-34?. The molecule has 1 aliphatic carbocycles. The number of aliphatic imine (C=N–C) groups is 2. The van der Waals surface area contributed by atoms with Gasteiger partial charge in [-0.3, -0.25) is 9.98 Å². The molecule has 4 unspecified atom stereocenters. The highest BCUT2D eigenvalue weighted by Crippen LogP contribution is 2.38. The molecule has 4 atom stereocenters. The Kier molecular flexibility index (Phi) is 9.97. The molecule has 0 fully saturated rings. The Labute approximate surface area is 336 Å². The molecule has 3 aliphatic heterocycles. The van der Waals surface area contributed by atoms with Crippen molar-refractivity contribution in [1.29, 1.82) is 0 Å². The number of hydrogen-bond donors (Lipinski definition) is 1. The van der Waals surface area contributed by atoms with Crippen LogP contribution >= 0.6 is 22.6 Å². The first-order valence-electron chi connectivity index (χ1n) is 18.8. The van der Waals surface area contributed by atoms with Crippen LogP contribution in [0.2, 0.25) is 0 Å². The Morgan fingerprint density at radius 3 is 2.07 bits per heavy atom. The number of allylic oxidation sites excluding steroid dienone is 7. The van der Waals surface area contributed by atoms with E-state index in [0.29, 0.717) is 0 Å². The first-order valence-corrected chi connectivity index (χ1v) is 20.1. The third kappa shape index (κ3) is 7.42. The number of amidine groups is 1. The van der Waals surface area contributed by atoms with Crippen LogP contribution in [0.1, 0.15) is 29.2 Å². The molecule has 0 bridgehead atoms. The molecule has 0 amide bonds. The topological polar surface area (TPSA) is 43.2 Å². The maximum Gasteiger partial charge on any atom is 0.136 e. The fraction of sp³-hybridized carbons (Fsp3) is 0.102. The summed E-state index contributed by atoms with van der Waals surface area (Å²) >= 11 is 2.40. The van der Waals surface area contributed by atoms with Crippen LogP contribution in [0.5, 0.6) is 0 Å². The highest BCUT2D eigenvalue weighted by molar-refractivity contribution is 14.1. The van der Waals surface area contributed by atoms with Gasteiger partial charge in [0.05, 0.1) is 27.7 Å². The molecule has 6 heteroatoms. The van der Waals surface area contributed by atoms with E-state index in [1.165, 1.54) is 16.0 Å². The van der Waals surface area contributed by atoms with Crippen LogP contribution in [0.15, 0.2) is 192 Å². The summed E-state index contributed by atoms with van der Waals surface area (Å²) in [6.45, 7) is 0. The first kappa shape index (κ1) is 34.8. The molecule has 9 rings (SSSR count). The fourth-order valence-corrected chi connectivity index (χ4v) is 7.95. The van der Waals surface area contributed by atoms with Gasteiger partial charge in [0.1, 0.15) is 5.84 Å². The van der Waals surface area contributed by atoms with Gasteiger partial charge in [-0.05, 0) is 94.7 Å². The molecule has 0 spiro atoms. The van der Waals surface area contributed by atoms with Crippen molar-refractivity contribution in [3.8, 4) is 0 Å². The van der Waals surface area contributed by atoms with Crippen LogP contribution in [0.4, 0.5) is 22.7 Å².